The number of halogens is 4. The summed E-state index contributed by atoms with van der Waals surface area (Å²) in [6.07, 6.45) is -4.24. The zero-order valence-electron chi connectivity index (χ0n) is 20.1. The van der Waals surface area contributed by atoms with Crippen molar-refractivity contribution in [2.75, 3.05) is 49.9 Å². The van der Waals surface area contributed by atoms with Crippen LogP contribution in [-0.2, 0) is 6.42 Å². The number of fused-ring (bicyclic) bond motifs is 1. The molecule has 6 nitrogen and oxygen atoms in total. The van der Waals surface area contributed by atoms with E-state index in [9.17, 15) is 22.4 Å². The van der Waals surface area contributed by atoms with Crippen molar-refractivity contribution in [2.45, 2.75) is 19.0 Å². The molecule has 194 valence electrons. The molecule has 0 spiro atoms. The van der Waals surface area contributed by atoms with E-state index in [4.69, 9.17) is 5.73 Å². The first kappa shape index (κ1) is 25.0. The molecule has 0 radical (unpaired) electrons. The zero-order chi connectivity index (χ0) is 26.2. The lowest BCUT2D eigenvalue weighted by molar-refractivity contribution is -0.138. The number of alkyl halides is 3. The number of nitrogens with two attached hydrogens (primary N) is 1. The lowest BCUT2D eigenvalue weighted by Crippen LogP contribution is -2.47. The third kappa shape index (κ3) is 5.53. The Morgan fingerprint density at radius 3 is 2.32 bits per heavy atom. The molecule has 0 saturated carbocycles. The minimum absolute atomic E-state index is 0.0133. The van der Waals surface area contributed by atoms with Gasteiger partial charge < -0.3 is 16.0 Å². The van der Waals surface area contributed by atoms with E-state index >= 15 is 0 Å². The Balaban J connectivity index is 1.33. The van der Waals surface area contributed by atoms with Gasteiger partial charge in [0.2, 0.25) is 5.95 Å². The highest BCUT2D eigenvalue weighted by Gasteiger charge is 2.29. The predicted molar refractivity (Wildman–Crippen MR) is 135 cm³/mol. The third-order valence-corrected chi connectivity index (χ3v) is 6.97. The number of nitrogens with zero attached hydrogens (tertiary/aromatic N) is 3. The molecule has 37 heavy (non-hydrogen) atoms. The van der Waals surface area contributed by atoms with Crippen molar-refractivity contribution in [1.29, 1.82) is 0 Å². The monoisotopic (exact) mass is 513 g/mol. The van der Waals surface area contributed by atoms with Crippen LogP contribution in [0, 0.1) is 5.95 Å². The third-order valence-electron chi connectivity index (χ3n) is 6.97. The Labute approximate surface area is 212 Å². The quantitative estimate of drug-likeness (QED) is 0.388. The standard InChI is InChI=1S/C27H27F4N5O/c28-24-22(16-23(25(32)34-24)18-3-6-21-19(15-18)7-9-33-26(21)37)17-1-4-20(5-2-17)36-13-11-35(12-14-36)10-8-27(29,30)31/h1-6,15-16H,7-14H2,(H2,32,34)(H,33,37). The van der Waals surface area contributed by atoms with Crippen LogP contribution in [0.15, 0.2) is 48.5 Å². The second-order valence-electron chi connectivity index (χ2n) is 9.38. The number of aromatic nitrogens is 1. The number of hydrogen-bond acceptors (Lipinski definition) is 5. The second-order valence-corrected chi connectivity index (χ2v) is 9.38. The van der Waals surface area contributed by atoms with Crippen molar-refractivity contribution < 1.29 is 22.4 Å². The molecular weight excluding hydrogens is 486 g/mol. The van der Waals surface area contributed by atoms with Gasteiger partial charge in [0.1, 0.15) is 5.82 Å². The number of benzene rings is 2. The predicted octanol–water partition coefficient (Wildman–Crippen LogP) is 4.50. The van der Waals surface area contributed by atoms with E-state index in [1.807, 2.05) is 35.2 Å². The first-order valence-electron chi connectivity index (χ1n) is 12.2. The van der Waals surface area contributed by atoms with Crippen molar-refractivity contribution >= 4 is 17.4 Å². The van der Waals surface area contributed by atoms with Crippen LogP contribution in [0.5, 0.6) is 0 Å². The van der Waals surface area contributed by atoms with E-state index in [0.29, 0.717) is 61.4 Å². The van der Waals surface area contributed by atoms with Crippen molar-refractivity contribution in [3.63, 3.8) is 0 Å². The summed E-state index contributed by atoms with van der Waals surface area (Å²) >= 11 is 0. The number of amides is 1. The highest BCUT2D eigenvalue weighted by molar-refractivity contribution is 5.97. The van der Waals surface area contributed by atoms with E-state index in [1.54, 1.807) is 18.2 Å². The molecule has 2 aliphatic rings. The van der Waals surface area contributed by atoms with Crippen LogP contribution in [-0.4, -0.2) is 61.2 Å². The summed E-state index contributed by atoms with van der Waals surface area (Å²) in [6.45, 7) is 2.93. The second kappa shape index (κ2) is 10.0. The summed E-state index contributed by atoms with van der Waals surface area (Å²) in [7, 11) is 0. The molecule has 1 amide bonds. The largest absolute Gasteiger partial charge is 0.390 e. The maximum absolute atomic E-state index is 14.9. The molecule has 10 heteroatoms. The maximum Gasteiger partial charge on any atom is 0.390 e. The molecule has 1 aromatic heterocycles. The maximum atomic E-state index is 14.9. The number of pyridine rings is 1. The van der Waals surface area contributed by atoms with Crippen LogP contribution in [0.3, 0.4) is 0 Å². The van der Waals surface area contributed by atoms with E-state index in [-0.39, 0.29) is 18.3 Å². The molecule has 0 bridgehead atoms. The molecule has 2 aromatic carbocycles. The molecule has 3 N–H and O–H groups in total. The SMILES string of the molecule is Nc1nc(F)c(-c2ccc(N3CCN(CCC(F)(F)F)CC3)cc2)cc1-c1ccc2c(c1)CCNC2=O. The molecule has 1 saturated heterocycles. The molecule has 2 aliphatic heterocycles. The highest BCUT2D eigenvalue weighted by atomic mass is 19.4. The number of carbonyl (C=O) groups is 1. The molecule has 0 atom stereocenters. The fraction of sp³-hybridized carbons (Fsp3) is 0.333. The summed E-state index contributed by atoms with van der Waals surface area (Å²) in [5.41, 5.74) is 10.8. The van der Waals surface area contributed by atoms with Crippen LogP contribution in [0.1, 0.15) is 22.3 Å². The van der Waals surface area contributed by atoms with E-state index < -0.39 is 18.5 Å². The van der Waals surface area contributed by atoms with Gasteiger partial charge in [-0.25, -0.2) is 4.98 Å². The smallest absolute Gasteiger partial charge is 0.383 e. The van der Waals surface area contributed by atoms with Crippen LogP contribution < -0.4 is 16.0 Å². The highest BCUT2D eigenvalue weighted by Crippen LogP contribution is 2.34. The van der Waals surface area contributed by atoms with Crippen LogP contribution in [0.2, 0.25) is 0 Å². The van der Waals surface area contributed by atoms with E-state index in [1.165, 1.54) is 0 Å². The van der Waals surface area contributed by atoms with Crippen LogP contribution >= 0.6 is 0 Å². The van der Waals surface area contributed by atoms with Gasteiger partial charge in [-0.05, 0) is 47.4 Å². The number of piperazine rings is 1. The topological polar surface area (TPSA) is 74.5 Å². The molecule has 0 aliphatic carbocycles. The van der Waals surface area contributed by atoms with Crippen LogP contribution in [0.25, 0.3) is 22.3 Å². The minimum atomic E-state index is -4.14. The Morgan fingerprint density at radius 2 is 1.62 bits per heavy atom. The van der Waals surface area contributed by atoms with Crippen molar-refractivity contribution in [3.05, 3.63) is 65.6 Å². The molecular formula is C27H27F4N5O. The van der Waals surface area contributed by atoms with Gasteiger partial charge in [-0.1, -0.05) is 24.3 Å². The number of anilines is 2. The normalized spacial score (nSPS) is 16.4. The lowest BCUT2D eigenvalue weighted by Gasteiger charge is -2.36. The molecule has 5 rings (SSSR count). The van der Waals surface area contributed by atoms with Gasteiger partial charge in [0.15, 0.2) is 0 Å². The average molecular weight is 514 g/mol. The summed E-state index contributed by atoms with van der Waals surface area (Å²) in [5.74, 6) is -0.715. The van der Waals surface area contributed by atoms with Gasteiger partial charge in [0.25, 0.3) is 5.91 Å². The van der Waals surface area contributed by atoms with E-state index in [2.05, 4.69) is 15.2 Å². The Bertz CT molecular complexity index is 1300. The summed E-state index contributed by atoms with van der Waals surface area (Å²) in [6, 6.07) is 14.5. The number of rotatable bonds is 5. The Hall–Kier alpha value is -3.66. The number of nitrogens with one attached hydrogen (secondary N) is 1. The van der Waals surface area contributed by atoms with Crippen molar-refractivity contribution in [1.82, 2.24) is 15.2 Å². The summed E-state index contributed by atoms with van der Waals surface area (Å²) < 4.78 is 52.4. The Morgan fingerprint density at radius 1 is 0.919 bits per heavy atom. The summed E-state index contributed by atoms with van der Waals surface area (Å²) in [4.78, 5) is 19.9. The number of nitrogen functional groups attached to an aromatic ring is 1. The van der Waals surface area contributed by atoms with Gasteiger partial charge in [-0.15, -0.1) is 0 Å². The first-order chi connectivity index (χ1) is 17.7. The van der Waals surface area contributed by atoms with Gasteiger partial charge in [0, 0.05) is 61.6 Å². The molecule has 0 unspecified atom stereocenters. The van der Waals surface area contributed by atoms with Crippen molar-refractivity contribution in [3.8, 4) is 22.3 Å². The zero-order valence-corrected chi connectivity index (χ0v) is 20.1. The number of carbonyl (C=O) groups excluding carboxylic acids is 1. The van der Waals surface area contributed by atoms with Gasteiger partial charge in [-0.2, -0.15) is 17.6 Å². The number of hydrogen-bond donors (Lipinski definition) is 2. The fourth-order valence-corrected chi connectivity index (χ4v) is 4.90. The van der Waals surface area contributed by atoms with Gasteiger partial charge in [0.05, 0.1) is 6.42 Å². The first-order valence-corrected chi connectivity index (χ1v) is 12.2. The fourth-order valence-electron chi connectivity index (χ4n) is 4.90. The molecule has 3 heterocycles. The van der Waals surface area contributed by atoms with Crippen LogP contribution in [0.4, 0.5) is 29.1 Å². The average Bonchev–Trinajstić information content (AvgIpc) is 2.88. The minimum Gasteiger partial charge on any atom is -0.383 e. The van der Waals surface area contributed by atoms with Gasteiger partial charge >= 0.3 is 6.18 Å². The summed E-state index contributed by atoms with van der Waals surface area (Å²) in [5, 5.41) is 2.82. The molecule has 1 fully saturated rings. The van der Waals surface area contributed by atoms with Gasteiger partial charge in [-0.3, -0.25) is 9.69 Å². The molecule has 3 aromatic rings. The van der Waals surface area contributed by atoms with Crippen molar-refractivity contribution in [2.24, 2.45) is 0 Å². The Kier molecular flexibility index (Phi) is 6.76. The lowest BCUT2D eigenvalue weighted by atomic mass is 9.94. The van der Waals surface area contributed by atoms with E-state index in [0.717, 1.165) is 16.8 Å².